The van der Waals surface area contributed by atoms with Crippen molar-refractivity contribution in [1.82, 2.24) is 4.90 Å². The fraction of sp³-hybridized carbons (Fsp3) is 0.409. The predicted octanol–water partition coefficient (Wildman–Crippen LogP) is 3.14. The van der Waals surface area contributed by atoms with E-state index in [9.17, 15) is 17.6 Å². The Bertz CT molecular complexity index is 982. The highest BCUT2D eigenvalue weighted by molar-refractivity contribution is 7.90. The van der Waals surface area contributed by atoms with Gasteiger partial charge in [-0.2, -0.15) is 0 Å². The topological polar surface area (TPSA) is 82.1 Å². The molecule has 31 heavy (non-hydrogen) atoms. The van der Waals surface area contributed by atoms with Crippen LogP contribution in [0, 0.1) is 5.82 Å². The summed E-state index contributed by atoms with van der Waals surface area (Å²) in [7, 11) is 2.84. The van der Waals surface area contributed by atoms with Gasteiger partial charge in [-0.3, -0.25) is 4.79 Å². The van der Waals surface area contributed by atoms with E-state index < -0.39 is 9.84 Å². The first-order chi connectivity index (χ1) is 14.6. The predicted molar refractivity (Wildman–Crippen MR) is 117 cm³/mol. The lowest BCUT2D eigenvalue weighted by atomic mass is 9.95. The van der Waals surface area contributed by atoms with Gasteiger partial charge >= 0.3 is 0 Å². The van der Waals surface area contributed by atoms with Crippen molar-refractivity contribution in [3.8, 4) is 17.2 Å². The molecule has 170 valence electrons. The van der Waals surface area contributed by atoms with Crippen molar-refractivity contribution in [1.29, 1.82) is 0 Å². The van der Waals surface area contributed by atoms with Crippen LogP contribution in [0.15, 0.2) is 36.4 Å². The molecule has 0 radical (unpaired) electrons. The van der Waals surface area contributed by atoms with E-state index in [2.05, 4.69) is 0 Å². The number of amides is 1. The van der Waals surface area contributed by atoms with Gasteiger partial charge in [0.1, 0.15) is 15.7 Å². The van der Waals surface area contributed by atoms with Crippen LogP contribution in [0.1, 0.15) is 28.3 Å². The lowest BCUT2D eigenvalue weighted by Gasteiger charge is -2.25. The molecule has 1 atom stereocenters. The minimum Gasteiger partial charge on any atom is -0.493 e. The summed E-state index contributed by atoms with van der Waals surface area (Å²) in [5, 5.41) is 0. The van der Waals surface area contributed by atoms with E-state index in [-0.39, 0.29) is 29.9 Å². The average Bonchev–Trinajstić information content (AvgIpc) is 2.74. The van der Waals surface area contributed by atoms with E-state index in [1.807, 2.05) is 0 Å². The van der Waals surface area contributed by atoms with Crippen molar-refractivity contribution in [2.75, 3.05) is 46.9 Å². The smallest absolute Gasteiger partial charge is 0.253 e. The summed E-state index contributed by atoms with van der Waals surface area (Å²) < 4.78 is 52.6. The van der Waals surface area contributed by atoms with Crippen LogP contribution in [0.25, 0.3) is 0 Å². The second-order valence-electron chi connectivity index (χ2n) is 7.27. The molecule has 0 spiro atoms. The number of halogens is 1. The summed E-state index contributed by atoms with van der Waals surface area (Å²) in [5.74, 6) is 0.0731. The highest BCUT2D eigenvalue weighted by Gasteiger charge is 2.23. The number of hydrogen-bond donors (Lipinski definition) is 0. The van der Waals surface area contributed by atoms with Crippen LogP contribution in [0.5, 0.6) is 17.2 Å². The van der Waals surface area contributed by atoms with Crippen LogP contribution in [0.3, 0.4) is 0 Å². The first kappa shape index (κ1) is 24.5. The van der Waals surface area contributed by atoms with E-state index in [1.54, 1.807) is 31.3 Å². The Morgan fingerprint density at radius 3 is 2.03 bits per heavy atom. The summed E-state index contributed by atoms with van der Waals surface area (Å²) in [5.41, 5.74) is 1.09. The molecule has 2 aromatic rings. The molecule has 1 unspecified atom stereocenters. The molecule has 0 heterocycles. The van der Waals surface area contributed by atoms with Gasteiger partial charge in [0.15, 0.2) is 11.5 Å². The van der Waals surface area contributed by atoms with Crippen LogP contribution in [-0.2, 0) is 9.84 Å². The van der Waals surface area contributed by atoms with Gasteiger partial charge in [-0.1, -0.05) is 12.1 Å². The molecule has 0 fully saturated rings. The zero-order valence-corrected chi connectivity index (χ0v) is 19.2. The number of likely N-dealkylation sites (N-methyl/N-ethyl adjacent to an activating group) is 1. The Kier molecular flexibility index (Phi) is 8.27. The van der Waals surface area contributed by atoms with Crippen LogP contribution in [0.2, 0.25) is 0 Å². The summed E-state index contributed by atoms with van der Waals surface area (Å²) >= 11 is 0. The quantitative estimate of drug-likeness (QED) is 0.550. The van der Waals surface area contributed by atoms with Crippen molar-refractivity contribution < 1.29 is 31.8 Å². The number of carbonyl (C=O) groups excluding carboxylic acids is 1. The van der Waals surface area contributed by atoms with Gasteiger partial charge in [0.2, 0.25) is 5.75 Å². The maximum atomic E-state index is 13.3. The number of benzene rings is 2. The molecule has 0 aliphatic carbocycles. The van der Waals surface area contributed by atoms with E-state index in [0.29, 0.717) is 29.2 Å². The van der Waals surface area contributed by atoms with Gasteiger partial charge in [-0.15, -0.1) is 0 Å². The van der Waals surface area contributed by atoms with E-state index in [4.69, 9.17) is 14.2 Å². The summed E-state index contributed by atoms with van der Waals surface area (Å²) in [6.07, 6.45) is 1.47. The van der Waals surface area contributed by atoms with E-state index >= 15 is 0 Å². The van der Waals surface area contributed by atoms with Gasteiger partial charge in [-0.25, -0.2) is 12.8 Å². The monoisotopic (exact) mass is 453 g/mol. The largest absolute Gasteiger partial charge is 0.493 e. The molecule has 1 amide bonds. The molecule has 0 N–H and O–H groups in total. The second kappa shape index (κ2) is 10.5. The number of ether oxygens (including phenoxy) is 3. The fourth-order valence-electron chi connectivity index (χ4n) is 3.29. The summed E-state index contributed by atoms with van der Waals surface area (Å²) in [6, 6.07) is 8.99. The maximum Gasteiger partial charge on any atom is 0.253 e. The maximum absolute atomic E-state index is 13.3. The number of rotatable bonds is 10. The van der Waals surface area contributed by atoms with Crippen LogP contribution in [-0.4, -0.2) is 66.2 Å². The number of hydrogen-bond acceptors (Lipinski definition) is 6. The molecule has 7 nitrogen and oxygen atoms in total. The molecule has 0 aromatic heterocycles. The minimum atomic E-state index is -3.19. The highest BCUT2D eigenvalue weighted by atomic mass is 32.2. The summed E-state index contributed by atoms with van der Waals surface area (Å²) in [4.78, 5) is 14.6. The van der Waals surface area contributed by atoms with E-state index in [0.717, 1.165) is 5.56 Å². The first-order valence-electron chi connectivity index (χ1n) is 9.58. The number of carbonyl (C=O) groups is 1. The number of sulfone groups is 1. The molecule has 0 saturated carbocycles. The molecule has 9 heteroatoms. The zero-order valence-electron chi connectivity index (χ0n) is 18.3. The lowest BCUT2D eigenvalue weighted by Crippen LogP contribution is -2.32. The Balaban J connectivity index is 2.30. The lowest BCUT2D eigenvalue weighted by molar-refractivity contribution is 0.0784. The van der Waals surface area contributed by atoms with Gasteiger partial charge in [0, 0.05) is 31.3 Å². The van der Waals surface area contributed by atoms with Crippen molar-refractivity contribution in [2.24, 2.45) is 0 Å². The van der Waals surface area contributed by atoms with Gasteiger partial charge < -0.3 is 19.1 Å². The number of nitrogens with zero attached hydrogens (tertiary/aromatic N) is 1. The normalized spacial score (nSPS) is 12.2. The van der Waals surface area contributed by atoms with Crippen LogP contribution >= 0.6 is 0 Å². The highest BCUT2D eigenvalue weighted by Crippen LogP contribution is 2.38. The third kappa shape index (κ3) is 6.58. The van der Waals surface area contributed by atoms with Crippen molar-refractivity contribution in [3.63, 3.8) is 0 Å². The minimum absolute atomic E-state index is 0.0404. The third-order valence-corrected chi connectivity index (χ3v) is 5.91. The molecule has 0 bridgehead atoms. The molecule has 0 saturated heterocycles. The van der Waals surface area contributed by atoms with Gasteiger partial charge in [-0.05, 0) is 36.2 Å². The Hall–Kier alpha value is -2.81. The van der Waals surface area contributed by atoms with Gasteiger partial charge in [0.25, 0.3) is 5.91 Å². The first-order valence-corrected chi connectivity index (χ1v) is 11.6. The number of methoxy groups -OCH3 is 3. The third-order valence-electron chi connectivity index (χ3n) is 4.93. The Morgan fingerprint density at radius 1 is 1.03 bits per heavy atom. The SMILES string of the molecule is COc1cc(C(=O)N(C)CC(CCS(C)(=O)=O)c2ccc(F)cc2)cc(OC)c1OC. The van der Waals surface area contributed by atoms with Crippen molar-refractivity contribution in [3.05, 3.63) is 53.3 Å². The molecular weight excluding hydrogens is 425 g/mol. The van der Waals surface area contributed by atoms with Crippen molar-refractivity contribution >= 4 is 15.7 Å². The second-order valence-corrected chi connectivity index (χ2v) is 9.53. The fourth-order valence-corrected chi connectivity index (χ4v) is 4.01. The van der Waals surface area contributed by atoms with Crippen LogP contribution < -0.4 is 14.2 Å². The molecule has 2 rings (SSSR count). The molecular formula is C22H28FNO6S. The van der Waals surface area contributed by atoms with Gasteiger partial charge in [0.05, 0.1) is 27.1 Å². The molecule has 2 aromatic carbocycles. The van der Waals surface area contributed by atoms with Crippen LogP contribution in [0.4, 0.5) is 4.39 Å². The molecule has 0 aliphatic rings. The Morgan fingerprint density at radius 2 is 1.58 bits per heavy atom. The molecule has 0 aliphatic heterocycles. The van der Waals surface area contributed by atoms with E-state index in [1.165, 1.54) is 44.6 Å². The van der Waals surface area contributed by atoms with Crippen molar-refractivity contribution in [2.45, 2.75) is 12.3 Å². The standard InChI is InChI=1S/C22H28FNO6S/c1-24(22(25)17-12-19(28-2)21(30-4)20(13-17)29-3)14-16(10-11-31(5,26)27)15-6-8-18(23)9-7-15/h6-9,12-13,16H,10-11,14H2,1-5H3. The Labute approximate surface area is 182 Å². The average molecular weight is 454 g/mol. The summed E-state index contributed by atoms with van der Waals surface area (Å²) in [6.45, 7) is 0.247. The zero-order chi connectivity index (χ0) is 23.2.